The summed E-state index contributed by atoms with van der Waals surface area (Å²) in [7, 11) is 0. The van der Waals surface area contributed by atoms with Gasteiger partial charge < -0.3 is 9.80 Å². The van der Waals surface area contributed by atoms with Gasteiger partial charge in [0.05, 0.1) is 18.9 Å². The summed E-state index contributed by atoms with van der Waals surface area (Å²) in [4.78, 5) is 28.3. The predicted molar refractivity (Wildman–Crippen MR) is 98.3 cm³/mol. The Kier molecular flexibility index (Phi) is 4.73. The molecule has 4 rings (SSSR count). The Hall–Kier alpha value is -3.36. The average molecular weight is 367 g/mol. The summed E-state index contributed by atoms with van der Waals surface area (Å²) in [6.45, 7) is 3.20. The van der Waals surface area contributed by atoms with Gasteiger partial charge in [-0.05, 0) is 23.8 Å². The van der Waals surface area contributed by atoms with Crippen LogP contribution in [0, 0.1) is 5.82 Å². The van der Waals surface area contributed by atoms with Crippen LogP contribution in [0.1, 0.15) is 5.56 Å². The topological polar surface area (TPSA) is 80.0 Å². The van der Waals surface area contributed by atoms with Crippen LogP contribution in [0.15, 0.2) is 53.8 Å². The lowest BCUT2D eigenvalue weighted by Crippen LogP contribution is -2.47. The molecule has 1 fully saturated rings. The van der Waals surface area contributed by atoms with E-state index in [1.54, 1.807) is 24.5 Å². The van der Waals surface area contributed by atoms with Gasteiger partial charge in [-0.2, -0.15) is 5.10 Å². The first-order valence-electron chi connectivity index (χ1n) is 8.63. The molecule has 3 aromatic rings. The third-order valence-electron chi connectivity index (χ3n) is 4.43. The Morgan fingerprint density at radius 2 is 1.59 bits per heavy atom. The molecular formula is C18H18FN7O. The maximum absolute atomic E-state index is 13.0. The van der Waals surface area contributed by atoms with Crippen molar-refractivity contribution in [2.75, 3.05) is 36.0 Å². The van der Waals surface area contributed by atoms with E-state index < -0.39 is 5.82 Å². The van der Waals surface area contributed by atoms with Crippen molar-refractivity contribution in [3.05, 3.63) is 70.8 Å². The fourth-order valence-electron chi connectivity index (χ4n) is 2.99. The van der Waals surface area contributed by atoms with Crippen molar-refractivity contribution in [3.63, 3.8) is 0 Å². The zero-order valence-electron chi connectivity index (χ0n) is 14.6. The smallest absolute Gasteiger partial charge is 0.267 e. The van der Waals surface area contributed by atoms with Crippen molar-refractivity contribution in [1.82, 2.24) is 24.7 Å². The van der Waals surface area contributed by atoms with Gasteiger partial charge in [0, 0.05) is 44.6 Å². The molecule has 0 amide bonds. The van der Waals surface area contributed by atoms with Crippen LogP contribution in [0.5, 0.6) is 0 Å². The Morgan fingerprint density at radius 3 is 2.30 bits per heavy atom. The molecule has 1 saturated heterocycles. The highest BCUT2D eigenvalue weighted by Crippen LogP contribution is 2.15. The molecule has 0 aliphatic carbocycles. The minimum atomic E-state index is -0.446. The van der Waals surface area contributed by atoms with Crippen LogP contribution in [0.4, 0.5) is 16.2 Å². The monoisotopic (exact) mass is 367 g/mol. The fourth-order valence-corrected chi connectivity index (χ4v) is 2.99. The normalized spacial score (nSPS) is 14.4. The average Bonchev–Trinajstić information content (AvgIpc) is 2.71. The number of piperazine rings is 1. The summed E-state index contributed by atoms with van der Waals surface area (Å²) >= 11 is 0. The highest BCUT2D eigenvalue weighted by Gasteiger charge is 2.20. The van der Waals surface area contributed by atoms with Crippen LogP contribution in [0.2, 0.25) is 0 Å². The van der Waals surface area contributed by atoms with Crippen molar-refractivity contribution < 1.29 is 4.39 Å². The molecule has 3 aromatic heterocycles. The van der Waals surface area contributed by atoms with Crippen molar-refractivity contribution in [1.29, 1.82) is 0 Å². The standard InChI is InChI=1S/C18H18FN7O/c19-15-11-21-18(22-12-15)25-9-7-24(8-10-25)16-1-2-17(27)26(23-16)13-14-3-5-20-6-4-14/h1-6,11-12H,7-10,13H2. The number of aromatic nitrogens is 5. The first-order valence-corrected chi connectivity index (χ1v) is 8.63. The molecule has 0 spiro atoms. The number of rotatable bonds is 4. The molecular weight excluding hydrogens is 349 g/mol. The summed E-state index contributed by atoms with van der Waals surface area (Å²) in [5.74, 6) is 0.827. The number of hydrogen-bond acceptors (Lipinski definition) is 7. The van der Waals surface area contributed by atoms with Gasteiger partial charge in [0.15, 0.2) is 5.82 Å². The Balaban J connectivity index is 1.46. The summed E-state index contributed by atoms with van der Waals surface area (Å²) in [5, 5.41) is 4.51. The number of hydrogen-bond donors (Lipinski definition) is 0. The van der Waals surface area contributed by atoms with Crippen LogP contribution >= 0.6 is 0 Å². The van der Waals surface area contributed by atoms with Crippen molar-refractivity contribution >= 4 is 11.8 Å². The third-order valence-corrected chi connectivity index (χ3v) is 4.43. The molecule has 0 atom stereocenters. The molecule has 0 N–H and O–H groups in total. The van der Waals surface area contributed by atoms with Gasteiger partial charge in [-0.3, -0.25) is 9.78 Å². The van der Waals surface area contributed by atoms with E-state index in [-0.39, 0.29) is 5.56 Å². The Bertz CT molecular complexity index is 953. The van der Waals surface area contributed by atoms with Gasteiger partial charge in [0.1, 0.15) is 5.82 Å². The fraction of sp³-hybridized carbons (Fsp3) is 0.278. The minimum Gasteiger partial charge on any atom is -0.352 e. The quantitative estimate of drug-likeness (QED) is 0.679. The molecule has 0 radical (unpaired) electrons. The summed E-state index contributed by atoms with van der Waals surface area (Å²) in [6, 6.07) is 7.01. The Morgan fingerprint density at radius 1 is 0.926 bits per heavy atom. The molecule has 138 valence electrons. The zero-order valence-corrected chi connectivity index (χ0v) is 14.6. The van der Waals surface area contributed by atoms with E-state index in [0.717, 1.165) is 11.4 Å². The highest BCUT2D eigenvalue weighted by molar-refractivity contribution is 5.41. The SMILES string of the molecule is O=c1ccc(N2CCN(c3ncc(F)cn3)CC2)nn1Cc1ccncc1. The minimum absolute atomic E-state index is 0.145. The number of nitrogens with zero attached hydrogens (tertiary/aromatic N) is 7. The first kappa shape index (κ1) is 17.1. The van der Waals surface area contributed by atoms with Gasteiger partial charge in [-0.25, -0.2) is 19.0 Å². The van der Waals surface area contributed by atoms with Crippen LogP contribution in [0.25, 0.3) is 0 Å². The molecule has 8 nitrogen and oxygen atoms in total. The largest absolute Gasteiger partial charge is 0.352 e. The number of anilines is 2. The van der Waals surface area contributed by atoms with Crippen LogP contribution in [-0.2, 0) is 6.54 Å². The first-order chi connectivity index (χ1) is 13.2. The van der Waals surface area contributed by atoms with E-state index in [9.17, 15) is 9.18 Å². The van der Waals surface area contributed by atoms with Gasteiger partial charge in [0.25, 0.3) is 5.56 Å². The van der Waals surface area contributed by atoms with Crippen LogP contribution < -0.4 is 15.4 Å². The van der Waals surface area contributed by atoms with Crippen LogP contribution in [0.3, 0.4) is 0 Å². The summed E-state index contributed by atoms with van der Waals surface area (Å²) in [5.41, 5.74) is 0.823. The molecule has 0 saturated carbocycles. The van der Waals surface area contributed by atoms with E-state index in [0.29, 0.717) is 38.7 Å². The van der Waals surface area contributed by atoms with Gasteiger partial charge in [-0.15, -0.1) is 0 Å². The lowest BCUT2D eigenvalue weighted by Gasteiger charge is -2.35. The lowest BCUT2D eigenvalue weighted by atomic mass is 10.3. The molecule has 0 unspecified atom stereocenters. The second-order valence-electron chi connectivity index (χ2n) is 6.22. The second-order valence-corrected chi connectivity index (χ2v) is 6.22. The predicted octanol–water partition coefficient (Wildman–Crippen LogP) is 0.942. The van der Waals surface area contributed by atoms with E-state index in [1.807, 2.05) is 17.0 Å². The number of pyridine rings is 1. The van der Waals surface area contributed by atoms with E-state index in [1.165, 1.54) is 17.1 Å². The molecule has 27 heavy (non-hydrogen) atoms. The van der Waals surface area contributed by atoms with Crippen molar-refractivity contribution in [2.24, 2.45) is 0 Å². The Labute approximate surface area is 154 Å². The molecule has 1 aliphatic rings. The zero-order chi connectivity index (χ0) is 18.6. The molecule has 0 bridgehead atoms. The summed E-state index contributed by atoms with van der Waals surface area (Å²) < 4.78 is 14.4. The molecule has 9 heteroatoms. The van der Waals surface area contributed by atoms with Gasteiger partial charge in [0.2, 0.25) is 5.95 Å². The maximum Gasteiger partial charge on any atom is 0.267 e. The molecule has 1 aliphatic heterocycles. The molecule has 0 aromatic carbocycles. The number of halogens is 1. The van der Waals surface area contributed by atoms with E-state index >= 15 is 0 Å². The highest BCUT2D eigenvalue weighted by atomic mass is 19.1. The second kappa shape index (κ2) is 7.48. The molecule has 4 heterocycles. The van der Waals surface area contributed by atoms with E-state index in [2.05, 4.69) is 25.0 Å². The van der Waals surface area contributed by atoms with Gasteiger partial charge >= 0.3 is 0 Å². The van der Waals surface area contributed by atoms with Gasteiger partial charge in [-0.1, -0.05) is 0 Å². The summed E-state index contributed by atoms with van der Waals surface area (Å²) in [6.07, 6.45) is 5.73. The van der Waals surface area contributed by atoms with Crippen LogP contribution in [-0.4, -0.2) is 50.9 Å². The third kappa shape index (κ3) is 3.91. The van der Waals surface area contributed by atoms with E-state index in [4.69, 9.17) is 0 Å². The maximum atomic E-state index is 13.0. The lowest BCUT2D eigenvalue weighted by molar-refractivity contribution is 0.589. The van der Waals surface area contributed by atoms with Crippen molar-refractivity contribution in [3.8, 4) is 0 Å². The van der Waals surface area contributed by atoms with Crippen molar-refractivity contribution in [2.45, 2.75) is 6.54 Å².